The van der Waals surface area contributed by atoms with Crippen molar-refractivity contribution in [3.63, 3.8) is 0 Å². The van der Waals surface area contributed by atoms with Gasteiger partial charge in [0.2, 0.25) is 5.90 Å². The molecule has 1 heterocycles. The van der Waals surface area contributed by atoms with Gasteiger partial charge in [-0.3, -0.25) is 10.2 Å². The molecule has 0 saturated carbocycles. The maximum Gasteiger partial charge on any atom is 0.266 e. The van der Waals surface area contributed by atoms with Gasteiger partial charge >= 0.3 is 0 Å². The predicted molar refractivity (Wildman–Crippen MR) is 184 cm³/mol. The van der Waals surface area contributed by atoms with Gasteiger partial charge in [0.15, 0.2) is 11.6 Å². The largest absolute Gasteiger partial charge is 0.497 e. The standard InChI is InChI=1S/C35H35BrN6O6/c1-45-29-18-23(19-30(20-29)46-2)22-38-41-34(44)35(21-26-6-3-4-7-31(26)40-42-37)32(24-8-12-27(36)13-9-24)48-33(39-35)25-10-14-28(15-11-25)47-17-5-16-43/h3-4,6-15,18-20,32,38,43H,5,16-17,21-22H2,1-2H3,(H,41,44)/t32-,35-/m0/s1. The fourth-order valence-corrected chi connectivity index (χ4v) is 5.58. The van der Waals surface area contributed by atoms with E-state index in [1.54, 1.807) is 50.6 Å². The lowest BCUT2D eigenvalue weighted by Gasteiger charge is -2.31. The Morgan fingerprint density at radius 1 is 1.02 bits per heavy atom. The smallest absolute Gasteiger partial charge is 0.266 e. The zero-order valence-electron chi connectivity index (χ0n) is 26.4. The van der Waals surface area contributed by atoms with Gasteiger partial charge in [-0.2, -0.15) is 0 Å². The molecule has 248 valence electrons. The van der Waals surface area contributed by atoms with Crippen molar-refractivity contribution < 1.29 is 28.8 Å². The molecule has 4 aromatic rings. The summed E-state index contributed by atoms with van der Waals surface area (Å²) >= 11 is 3.50. The number of benzene rings is 4. The topological polar surface area (TPSA) is 159 Å². The summed E-state index contributed by atoms with van der Waals surface area (Å²) in [4.78, 5) is 22.6. The van der Waals surface area contributed by atoms with Crippen LogP contribution in [-0.4, -0.2) is 49.9 Å². The van der Waals surface area contributed by atoms with Crippen molar-refractivity contribution in [1.29, 1.82) is 0 Å². The zero-order valence-corrected chi connectivity index (χ0v) is 28.0. The number of aliphatic imine (C=N–C) groups is 1. The number of carbonyl (C=O) groups is 1. The Balaban J connectivity index is 1.54. The summed E-state index contributed by atoms with van der Waals surface area (Å²) in [5, 5.41) is 13.0. The van der Waals surface area contributed by atoms with Crippen molar-refractivity contribution in [1.82, 2.24) is 10.9 Å². The van der Waals surface area contributed by atoms with Gasteiger partial charge in [0.1, 0.15) is 17.2 Å². The minimum absolute atomic E-state index is 0.0374. The summed E-state index contributed by atoms with van der Waals surface area (Å²) in [7, 11) is 3.14. The van der Waals surface area contributed by atoms with Crippen LogP contribution in [0.2, 0.25) is 0 Å². The molecule has 12 nitrogen and oxygen atoms in total. The second-order valence-electron chi connectivity index (χ2n) is 10.9. The lowest BCUT2D eigenvalue weighted by atomic mass is 9.81. The molecule has 3 N–H and O–H groups in total. The first-order valence-corrected chi connectivity index (χ1v) is 15.9. The number of carbonyl (C=O) groups excluding carboxylic acids is 1. The number of hydrogen-bond acceptors (Lipinski definition) is 9. The highest BCUT2D eigenvalue weighted by molar-refractivity contribution is 9.10. The number of aliphatic hydroxyl groups excluding tert-OH is 1. The first-order valence-electron chi connectivity index (χ1n) is 15.1. The van der Waals surface area contributed by atoms with Gasteiger partial charge in [-0.05, 0) is 70.8 Å². The van der Waals surface area contributed by atoms with Crippen molar-refractivity contribution >= 4 is 33.4 Å². The summed E-state index contributed by atoms with van der Waals surface area (Å²) in [6, 6.07) is 27.2. The van der Waals surface area contributed by atoms with Crippen LogP contribution in [0.3, 0.4) is 0 Å². The van der Waals surface area contributed by atoms with Crippen LogP contribution in [0.25, 0.3) is 10.4 Å². The number of hydrogen-bond donors (Lipinski definition) is 3. The average molecular weight is 716 g/mol. The van der Waals surface area contributed by atoms with Crippen LogP contribution in [0, 0.1) is 0 Å². The Morgan fingerprint density at radius 3 is 2.40 bits per heavy atom. The minimum Gasteiger partial charge on any atom is -0.497 e. The maximum atomic E-state index is 14.5. The molecule has 1 aliphatic heterocycles. The third kappa shape index (κ3) is 8.07. The first kappa shape index (κ1) is 34.3. The molecule has 1 aliphatic rings. The highest BCUT2D eigenvalue weighted by atomic mass is 79.9. The van der Waals surface area contributed by atoms with E-state index in [1.165, 1.54) is 0 Å². The van der Waals surface area contributed by atoms with Gasteiger partial charge in [0.05, 0.1) is 20.8 Å². The van der Waals surface area contributed by atoms with Crippen LogP contribution in [0.15, 0.2) is 106 Å². The number of aliphatic hydroxyl groups is 1. The van der Waals surface area contributed by atoms with E-state index in [1.807, 2.05) is 54.6 Å². The number of nitrogens with one attached hydrogen (secondary N) is 2. The van der Waals surface area contributed by atoms with Crippen molar-refractivity contribution in [3.8, 4) is 17.2 Å². The molecule has 2 atom stereocenters. The van der Waals surface area contributed by atoms with Crippen molar-refractivity contribution in [3.05, 3.63) is 128 Å². The van der Waals surface area contributed by atoms with E-state index in [0.29, 0.717) is 47.1 Å². The van der Waals surface area contributed by atoms with Gasteiger partial charge in [-0.25, -0.2) is 10.4 Å². The quantitative estimate of drug-likeness (QED) is 0.0417. The molecule has 1 amide bonds. The first-order chi connectivity index (χ1) is 23.4. The van der Waals surface area contributed by atoms with Crippen LogP contribution in [0.5, 0.6) is 17.2 Å². The number of hydrazine groups is 1. The molecule has 0 bridgehead atoms. The van der Waals surface area contributed by atoms with E-state index >= 15 is 0 Å². The summed E-state index contributed by atoms with van der Waals surface area (Å²) in [5.74, 6) is 1.66. The van der Waals surface area contributed by atoms with Gasteiger partial charge in [0.25, 0.3) is 5.91 Å². The van der Waals surface area contributed by atoms with Crippen molar-refractivity contribution in [2.24, 2.45) is 10.1 Å². The fourth-order valence-electron chi connectivity index (χ4n) is 5.32. The van der Waals surface area contributed by atoms with Crippen LogP contribution < -0.4 is 25.1 Å². The van der Waals surface area contributed by atoms with Gasteiger partial charge in [-0.15, -0.1) is 0 Å². The molecule has 0 spiro atoms. The lowest BCUT2D eigenvalue weighted by molar-refractivity contribution is -0.130. The maximum absolute atomic E-state index is 14.5. The second-order valence-corrected chi connectivity index (χ2v) is 11.8. The molecule has 4 aromatic carbocycles. The highest BCUT2D eigenvalue weighted by Crippen LogP contribution is 2.44. The Morgan fingerprint density at radius 2 is 1.73 bits per heavy atom. The summed E-state index contributed by atoms with van der Waals surface area (Å²) in [6.45, 7) is 0.668. The monoisotopic (exact) mass is 714 g/mol. The molecule has 0 unspecified atom stereocenters. The molecule has 0 aromatic heterocycles. The molecule has 48 heavy (non-hydrogen) atoms. The van der Waals surface area contributed by atoms with E-state index in [-0.39, 0.29) is 25.5 Å². The number of nitrogens with zero attached hydrogens (tertiary/aromatic N) is 4. The Bertz CT molecular complexity index is 1770. The lowest BCUT2D eigenvalue weighted by Crippen LogP contribution is -2.53. The van der Waals surface area contributed by atoms with Crippen LogP contribution in [-0.2, 0) is 22.5 Å². The molecule has 0 saturated heterocycles. The number of azide groups is 1. The third-order valence-corrected chi connectivity index (χ3v) is 8.24. The Hall–Kier alpha value is -5.07. The average Bonchev–Trinajstić information content (AvgIpc) is 3.50. The van der Waals surface area contributed by atoms with E-state index in [0.717, 1.165) is 15.6 Å². The van der Waals surface area contributed by atoms with Crippen molar-refractivity contribution in [2.75, 3.05) is 27.4 Å². The van der Waals surface area contributed by atoms with Crippen LogP contribution >= 0.6 is 15.9 Å². The number of rotatable bonds is 15. The fraction of sp³-hybridized carbons (Fsp3) is 0.257. The number of methoxy groups -OCH3 is 2. The summed E-state index contributed by atoms with van der Waals surface area (Å²) in [6.07, 6.45) is -0.297. The van der Waals surface area contributed by atoms with Crippen LogP contribution in [0.1, 0.15) is 34.8 Å². The predicted octanol–water partition coefficient (Wildman–Crippen LogP) is 6.49. The molecular formula is C35H35BrN6O6. The van der Waals surface area contributed by atoms with Crippen LogP contribution in [0.4, 0.5) is 5.69 Å². The molecule has 5 rings (SSSR count). The molecule has 0 radical (unpaired) electrons. The summed E-state index contributed by atoms with van der Waals surface area (Å²) in [5.41, 5.74) is 16.8. The van der Waals surface area contributed by atoms with E-state index in [9.17, 15) is 10.3 Å². The molecule has 0 fully saturated rings. The van der Waals surface area contributed by atoms with Gasteiger partial charge in [0, 0.05) is 52.7 Å². The minimum atomic E-state index is -1.54. The zero-order chi connectivity index (χ0) is 33.9. The van der Waals surface area contributed by atoms with Gasteiger partial charge in [-0.1, -0.05) is 57.4 Å². The van der Waals surface area contributed by atoms with E-state index < -0.39 is 17.6 Å². The van der Waals surface area contributed by atoms with Gasteiger partial charge < -0.3 is 24.1 Å². The SMILES string of the molecule is COc1cc(CNNC(=O)[C@@]2(Cc3ccccc3N=[N+]=[N-])N=C(c3ccc(OCCCO)cc3)O[C@H]2c2ccc(Br)cc2)cc(OC)c1. The van der Waals surface area contributed by atoms with E-state index in [2.05, 4.69) is 36.8 Å². The molecule has 0 aliphatic carbocycles. The highest BCUT2D eigenvalue weighted by Gasteiger charge is 2.53. The molecular weight excluding hydrogens is 680 g/mol. The van der Waals surface area contributed by atoms with Crippen molar-refractivity contribution in [2.45, 2.75) is 31.0 Å². The Kier molecular flexibility index (Phi) is 11.5. The van der Waals surface area contributed by atoms with E-state index in [4.69, 9.17) is 29.0 Å². The summed E-state index contributed by atoms with van der Waals surface area (Å²) < 4.78 is 23.9. The normalized spacial score (nSPS) is 16.7. The Labute approximate surface area is 286 Å². The number of halogens is 1. The second kappa shape index (κ2) is 16.2. The molecule has 13 heteroatoms. The number of ether oxygens (including phenoxy) is 4. The third-order valence-electron chi connectivity index (χ3n) is 7.71. The number of amides is 1.